The maximum Gasteiger partial charge on any atom is 0.145 e. The molecule has 27 heavy (non-hydrogen) atoms. The quantitative estimate of drug-likeness (QED) is 0.318. The van der Waals surface area contributed by atoms with Gasteiger partial charge in [0.2, 0.25) is 0 Å². The highest BCUT2D eigenvalue weighted by molar-refractivity contribution is 9.10. The Hall–Kier alpha value is -1.18. The summed E-state index contributed by atoms with van der Waals surface area (Å²) in [7, 11) is 12.0. The van der Waals surface area contributed by atoms with Crippen LogP contribution in [0.5, 0.6) is 0 Å². The third-order valence-corrected chi connectivity index (χ3v) is 6.24. The smallest absolute Gasteiger partial charge is 0.145 e. The molecule has 0 spiro atoms. The molecule has 3 aromatic rings. The first-order valence-electron chi connectivity index (χ1n) is 8.71. The fraction of sp³-hybridized carbons (Fsp3) is 0.444. The fourth-order valence-corrected chi connectivity index (χ4v) is 3.90. The van der Waals surface area contributed by atoms with Crippen molar-refractivity contribution in [3.63, 3.8) is 0 Å². The second-order valence-corrected chi connectivity index (χ2v) is 12.7. The Labute approximate surface area is 173 Å². The normalized spacial score (nSPS) is 12.8. The number of halogens is 1. The molecule has 0 aliphatic carbocycles. The van der Waals surface area contributed by atoms with E-state index in [0.29, 0.717) is 24.5 Å². The standard InChI is InChI=1S/C18H23B2BrN4OS/c1-5-24-10-13(12-8-15(21)22-9-14(12)24)16-17(19)23-25(18(16)20)11-26-6-7-27(2,3)4/h8-10H,5-7,11H2,1-4H3. The number of hydrogen-bond acceptors (Lipinski definition) is 3. The van der Waals surface area contributed by atoms with E-state index in [1.54, 1.807) is 4.68 Å². The van der Waals surface area contributed by atoms with Gasteiger partial charge in [0, 0.05) is 40.6 Å². The number of fused-ring (bicyclic) bond motifs is 1. The molecule has 0 aliphatic heterocycles. The van der Waals surface area contributed by atoms with Crippen molar-refractivity contribution in [2.24, 2.45) is 0 Å². The van der Waals surface area contributed by atoms with Crippen LogP contribution in [0, 0.1) is 0 Å². The van der Waals surface area contributed by atoms with Crippen LogP contribution in [0.2, 0.25) is 0 Å². The molecule has 3 rings (SSSR count). The molecule has 0 fully saturated rings. The van der Waals surface area contributed by atoms with Crippen LogP contribution in [-0.2, 0) is 18.0 Å². The molecule has 5 nitrogen and oxygen atoms in total. The summed E-state index contributed by atoms with van der Waals surface area (Å²) in [6, 6.07) is 1.98. The van der Waals surface area contributed by atoms with Gasteiger partial charge in [0.15, 0.2) is 0 Å². The first-order valence-corrected chi connectivity index (χ1v) is 12.5. The van der Waals surface area contributed by atoms with Crippen LogP contribution in [0.4, 0.5) is 0 Å². The minimum absolute atomic E-state index is 0.295. The Balaban J connectivity index is 1.93. The summed E-state index contributed by atoms with van der Waals surface area (Å²) in [4.78, 5) is 4.34. The van der Waals surface area contributed by atoms with Gasteiger partial charge in [-0.3, -0.25) is 4.68 Å². The van der Waals surface area contributed by atoms with Gasteiger partial charge in [-0.15, -0.1) is 0 Å². The first-order chi connectivity index (χ1) is 12.7. The molecule has 0 aliphatic rings. The Morgan fingerprint density at radius 3 is 2.67 bits per heavy atom. The van der Waals surface area contributed by atoms with Crippen molar-refractivity contribution in [1.29, 1.82) is 0 Å². The van der Waals surface area contributed by atoms with E-state index >= 15 is 0 Å². The van der Waals surface area contributed by atoms with Crippen molar-refractivity contribution >= 4 is 63.7 Å². The topological polar surface area (TPSA) is 44.9 Å². The van der Waals surface area contributed by atoms with Gasteiger partial charge < -0.3 is 9.30 Å². The average Bonchev–Trinajstić information content (AvgIpc) is 3.07. The summed E-state index contributed by atoms with van der Waals surface area (Å²) in [5.74, 6) is 1.04. The van der Waals surface area contributed by atoms with E-state index in [1.165, 1.54) is 0 Å². The molecule has 4 radical (unpaired) electrons. The average molecular weight is 445 g/mol. The summed E-state index contributed by atoms with van der Waals surface area (Å²) in [6.07, 6.45) is 10.7. The zero-order chi connectivity index (χ0) is 19.8. The van der Waals surface area contributed by atoms with Gasteiger partial charge in [-0.05, 0) is 53.3 Å². The molecule has 0 saturated carbocycles. The predicted octanol–water partition coefficient (Wildman–Crippen LogP) is 1.94. The van der Waals surface area contributed by atoms with Crippen molar-refractivity contribution in [2.75, 3.05) is 31.1 Å². The molecule has 0 saturated heterocycles. The van der Waals surface area contributed by atoms with E-state index in [-0.39, 0.29) is 0 Å². The zero-order valence-electron chi connectivity index (χ0n) is 16.2. The van der Waals surface area contributed by atoms with E-state index in [4.69, 9.17) is 20.4 Å². The molecular formula is C18H23B2BrN4OS. The van der Waals surface area contributed by atoms with Crippen molar-refractivity contribution < 1.29 is 4.74 Å². The molecule has 140 valence electrons. The second kappa shape index (κ2) is 8.05. The van der Waals surface area contributed by atoms with Gasteiger partial charge in [0.05, 0.1) is 18.3 Å². The lowest BCUT2D eigenvalue weighted by atomic mass is 9.87. The number of nitrogens with zero attached hydrogens (tertiary/aromatic N) is 4. The first kappa shape index (κ1) is 20.6. The van der Waals surface area contributed by atoms with Crippen molar-refractivity contribution in [3.8, 4) is 11.1 Å². The Kier molecular flexibility index (Phi) is 6.13. The van der Waals surface area contributed by atoms with E-state index in [0.717, 1.165) is 38.9 Å². The zero-order valence-corrected chi connectivity index (χ0v) is 18.6. The number of ether oxygens (including phenoxy) is 1. The summed E-state index contributed by atoms with van der Waals surface area (Å²) in [5, 5.41) is 5.44. The van der Waals surface area contributed by atoms with Crippen molar-refractivity contribution in [2.45, 2.75) is 20.2 Å². The third-order valence-electron chi connectivity index (χ3n) is 4.42. The minimum atomic E-state index is -0.587. The van der Waals surface area contributed by atoms with Crippen LogP contribution < -0.4 is 11.2 Å². The lowest BCUT2D eigenvalue weighted by Gasteiger charge is -2.24. The Morgan fingerprint density at radius 2 is 2.00 bits per heavy atom. The van der Waals surface area contributed by atoms with E-state index in [1.807, 2.05) is 12.3 Å². The van der Waals surface area contributed by atoms with Gasteiger partial charge in [-0.2, -0.15) is 5.10 Å². The maximum atomic E-state index is 6.39. The number of hydrogen-bond donors (Lipinski definition) is 0. The number of aromatic nitrogens is 4. The van der Waals surface area contributed by atoms with Gasteiger partial charge in [0.25, 0.3) is 0 Å². The second-order valence-electron chi connectivity index (χ2n) is 7.33. The molecule has 0 aromatic carbocycles. The highest BCUT2D eigenvalue weighted by atomic mass is 79.9. The van der Waals surface area contributed by atoms with E-state index in [2.05, 4.69) is 62.5 Å². The molecular weight excluding hydrogens is 422 g/mol. The molecule has 9 heteroatoms. The number of rotatable bonds is 7. The molecule has 3 aromatic heterocycles. The van der Waals surface area contributed by atoms with Crippen LogP contribution in [0.25, 0.3) is 22.0 Å². The Morgan fingerprint density at radius 1 is 1.26 bits per heavy atom. The summed E-state index contributed by atoms with van der Waals surface area (Å²) in [5.41, 5.74) is 3.65. The molecule has 0 atom stereocenters. The SMILES string of the molecule is [B]c1nn(COCCS(C)(C)C)c([B])c1-c1cn(CC)c2cnc(Br)cc12. The van der Waals surface area contributed by atoms with Crippen molar-refractivity contribution in [1.82, 2.24) is 19.3 Å². The van der Waals surface area contributed by atoms with Crippen LogP contribution >= 0.6 is 26.0 Å². The largest absolute Gasteiger partial charge is 0.358 e. The third kappa shape index (κ3) is 4.46. The van der Waals surface area contributed by atoms with Gasteiger partial charge in [-0.25, -0.2) is 15.0 Å². The van der Waals surface area contributed by atoms with Gasteiger partial charge in [-0.1, -0.05) is 0 Å². The van der Waals surface area contributed by atoms with E-state index in [9.17, 15) is 0 Å². The molecule has 0 N–H and O–H groups in total. The molecule has 3 heterocycles. The highest BCUT2D eigenvalue weighted by Crippen LogP contribution is 2.33. The van der Waals surface area contributed by atoms with Crippen LogP contribution in [0.3, 0.4) is 0 Å². The van der Waals surface area contributed by atoms with Crippen LogP contribution in [0.1, 0.15) is 6.92 Å². The maximum absolute atomic E-state index is 6.39. The Bertz CT molecular complexity index is 965. The summed E-state index contributed by atoms with van der Waals surface area (Å²) < 4.78 is 10.3. The fourth-order valence-electron chi connectivity index (χ4n) is 2.95. The number of pyridine rings is 1. The van der Waals surface area contributed by atoms with Crippen LogP contribution in [0.15, 0.2) is 23.1 Å². The monoisotopic (exact) mass is 444 g/mol. The molecule has 0 unspecified atom stereocenters. The lowest BCUT2D eigenvalue weighted by molar-refractivity contribution is 0.0835. The number of aryl methyl sites for hydroxylation is 1. The minimum Gasteiger partial charge on any atom is -0.358 e. The van der Waals surface area contributed by atoms with Gasteiger partial charge >= 0.3 is 0 Å². The van der Waals surface area contributed by atoms with Crippen LogP contribution in [-0.4, -0.2) is 66.2 Å². The molecule has 0 amide bonds. The lowest BCUT2D eigenvalue weighted by Crippen LogP contribution is -2.22. The predicted molar refractivity (Wildman–Crippen MR) is 121 cm³/mol. The summed E-state index contributed by atoms with van der Waals surface area (Å²) in [6.45, 7) is 3.89. The highest BCUT2D eigenvalue weighted by Gasteiger charge is 2.18. The summed E-state index contributed by atoms with van der Waals surface area (Å²) >= 11 is 3.45. The van der Waals surface area contributed by atoms with Gasteiger partial charge in [0.1, 0.15) is 27.0 Å². The molecule has 0 bridgehead atoms. The van der Waals surface area contributed by atoms with E-state index < -0.39 is 10.0 Å². The van der Waals surface area contributed by atoms with Crippen molar-refractivity contribution in [3.05, 3.63) is 23.1 Å².